The van der Waals surface area contributed by atoms with Crippen molar-refractivity contribution >= 4 is 6.16 Å². The van der Waals surface area contributed by atoms with Gasteiger partial charge in [0.2, 0.25) is 12.2 Å². The number of aliphatic hydroxyl groups is 3. The lowest BCUT2D eigenvalue weighted by Gasteiger charge is -2.39. The number of carbonyl (C=O) groups is 1. The third-order valence-electron chi connectivity index (χ3n) is 7.06. The van der Waals surface area contributed by atoms with Gasteiger partial charge in [-0.15, -0.1) is 5.10 Å². The monoisotopic (exact) mass is 534 g/mol. The van der Waals surface area contributed by atoms with Gasteiger partial charge in [0.25, 0.3) is 0 Å². The summed E-state index contributed by atoms with van der Waals surface area (Å²) in [4.78, 5) is 11.4. The summed E-state index contributed by atoms with van der Waals surface area (Å²) in [5, 5.41) is 35.9. The number of carbonyl (C=O) groups excluding carboxylic acids is 1. The van der Waals surface area contributed by atoms with Gasteiger partial charge < -0.3 is 39.0 Å². The van der Waals surface area contributed by atoms with Crippen LogP contribution in [0.1, 0.15) is 62.4 Å². The number of methoxy groups -OCH3 is 1. The van der Waals surface area contributed by atoms with E-state index in [4.69, 9.17) is 18.9 Å². The molecular weight excluding hydrogens is 496 g/mol. The van der Waals surface area contributed by atoms with Gasteiger partial charge in [-0.1, -0.05) is 12.1 Å². The van der Waals surface area contributed by atoms with E-state index in [0.29, 0.717) is 6.42 Å². The van der Waals surface area contributed by atoms with E-state index >= 15 is 0 Å². The van der Waals surface area contributed by atoms with Gasteiger partial charge in [0.15, 0.2) is 0 Å². The van der Waals surface area contributed by atoms with Crippen molar-refractivity contribution in [2.24, 2.45) is 0 Å². The Balaban J connectivity index is 1.52. The molecule has 2 aromatic rings. The molecule has 2 aliphatic rings. The molecule has 0 radical (unpaired) electrons. The van der Waals surface area contributed by atoms with Gasteiger partial charge in [0.05, 0.1) is 13.2 Å². The maximum atomic E-state index is 11.4. The quantitative estimate of drug-likeness (QED) is 0.411. The van der Waals surface area contributed by atoms with Crippen LogP contribution in [0, 0.1) is 6.92 Å². The molecule has 1 aliphatic heterocycles. The minimum absolute atomic E-state index is 0.0408. The second kappa shape index (κ2) is 12.3. The molecule has 11 nitrogen and oxygen atoms in total. The molecule has 210 valence electrons. The van der Waals surface area contributed by atoms with Crippen LogP contribution >= 0.6 is 0 Å². The normalized spacial score (nSPS) is 25.9. The summed E-state index contributed by atoms with van der Waals surface area (Å²) < 4.78 is 28.9. The van der Waals surface area contributed by atoms with Crippen LogP contribution in [0.4, 0.5) is 4.79 Å². The number of aliphatic hydroxyl groups excluding tert-OH is 3. The maximum absolute atomic E-state index is 11.4. The van der Waals surface area contributed by atoms with Gasteiger partial charge in [-0.2, -0.15) is 0 Å². The van der Waals surface area contributed by atoms with Crippen LogP contribution in [0.3, 0.4) is 0 Å². The third kappa shape index (κ3) is 6.40. The molecule has 2 fully saturated rings. The molecule has 2 heterocycles. The summed E-state index contributed by atoms with van der Waals surface area (Å²) in [5.41, 5.74) is 2.70. The van der Waals surface area contributed by atoms with Crippen LogP contribution in [0.5, 0.6) is 11.6 Å². The first-order valence-electron chi connectivity index (χ1n) is 13.1. The average molecular weight is 535 g/mol. The van der Waals surface area contributed by atoms with E-state index in [-0.39, 0.29) is 18.0 Å². The molecule has 38 heavy (non-hydrogen) atoms. The van der Waals surface area contributed by atoms with Crippen LogP contribution in [-0.2, 0) is 20.6 Å². The second-order valence-electron chi connectivity index (χ2n) is 10.2. The molecule has 1 aliphatic carbocycles. The molecule has 1 saturated heterocycles. The second-order valence-corrected chi connectivity index (χ2v) is 10.2. The van der Waals surface area contributed by atoms with Gasteiger partial charge in [-0.25, -0.2) is 4.79 Å². The molecule has 0 spiro atoms. The summed E-state index contributed by atoms with van der Waals surface area (Å²) in [5.74, 6) is 1.08. The smallest absolute Gasteiger partial charge is 0.490 e. The number of benzene rings is 1. The van der Waals surface area contributed by atoms with E-state index in [2.05, 4.69) is 9.84 Å². The van der Waals surface area contributed by atoms with E-state index in [9.17, 15) is 20.1 Å². The topological polar surface area (TPSA) is 142 Å². The Labute approximate surface area is 222 Å². The Hall–Kier alpha value is -2.86. The molecule has 4 rings (SSSR count). The molecule has 1 aromatic carbocycles. The summed E-state index contributed by atoms with van der Waals surface area (Å²) in [6.45, 7) is 5.53. The molecule has 1 aromatic heterocycles. The lowest BCUT2D eigenvalue weighted by atomic mass is 9.99. The van der Waals surface area contributed by atoms with E-state index in [0.717, 1.165) is 42.5 Å². The van der Waals surface area contributed by atoms with E-state index in [1.165, 1.54) is 12.8 Å². The lowest BCUT2D eigenvalue weighted by molar-refractivity contribution is -0.278. The van der Waals surface area contributed by atoms with Gasteiger partial charge in [-0.05, 0) is 64.2 Å². The molecule has 0 bridgehead atoms. The fraction of sp³-hybridized carbons (Fsp3) is 0.630. The van der Waals surface area contributed by atoms with Crippen LogP contribution < -0.4 is 9.47 Å². The summed E-state index contributed by atoms with van der Waals surface area (Å²) in [7, 11) is 1.15. The first-order valence-corrected chi connectivity index (χ1v) is 13.1. The molecule has 5 atom stereocenters. The number of aromatic nitrogens is 2. The number of rotatable bonds is 9. The highest BCUT2D eigenvalue weighted by Gasteiger charge is 2.46. The summed E-state index contributed by atoms with van der Waals surface area (Å²) in [6.07, 6.45) is -2.77. The standard InChI is InChI=1S/C27H38N2O9/c1-15(2)29-16(3)20(13-17-9-11-19(12-10-17)36-18-7-5-6-8-18)25(28-29)38-26-24(32)23(31)22(30)21(37-26)14-35-27(33)34-4/h9-12,15,18,21-24,26,30-32H,5-8,13-14H2,1-4H3/t21-,22-,23+,24-,26+/m1/s1. The van der Waals surface area contributed by atoms with Crippen molar-refractivity contribution in [2.45, 2.75) is 95.7 Å². The van der Waals surface area contributed by atoms with Gasteiger partial charge >= 0.3 is 6.16 Å². The predicted molar refractivity (Wildman–Crippen MR) is 135 cm³/mol. The number of nitrogens with zero attached hydrogens (tertiary/aromatic N) is 2. The molecular formula is C27H38N2O9. The first-order chi connectivity index (χ1) is 18.2. The average Bonchev–Trinajstić information content (AvgIpc) is 3.52. The Bertz CT molecular complexity index is 1070. The fourth-order valence-corrected chi connectivity index (χ4v) is 4.89. The highest BCUT2D eigenvalue weighted by atomic mass is 16.7. The summed E-state index contributed by atoms with van der Waals surface area (Å²) in [6, 6.07) is 7.99. The Morgan fingerprint density at radius 2 is 1.76 bits per heavy atom. The zero-order valence-electron chi connectivity index (χ0n) is 22.3. The fourth-order valence-electron chi connectivity index (χ4n) is 4.89. The molecule has 0 amide bonds. The minimum atomic E-state index is -1.59. The molecule has 0 unspecified atom stereocenters. The largest absolute Gasteiger partial charge is 0.508 e. The minimum Gasteiger partial charge on any atom is -0.490 e. The maximum Gasteiger partial charge on any atom is 0.508 e. The van der Waals surface area contributed by atoms with Crippen molar-refractivity contribution in [1.82, 2.24) is 9.78 Å². The van der Waals surface area contributed by atoms with Crippen LogP contribution in [0.15, 0.2) is 24.3 Å². The Kier molecular flexibility index (Phi) is 9.14. The number of hydrogen-bond donors (Lipinski definition) is 3. The van der Waals surface area contributed by atoms with Crippen molar-refractivity contribution in [2.75, 3.05) is 13.7 Å². The molecule has 1 saturated carbocycles. The van der Waals surface area contributed by atoms with E-state index in [1.807, 2.05) is 49.7 Å². The SMILES string of the molecule is COC(=O)OC[C@H]1O[C@@H](Oc2nn(C(C)C)c(C)c2Cc2ccc(OC3CCCC3)cc2)[C@H](O)[C@@H](O)[C@@H]1O. The van der Waals surface area contributed by atoms with E-state index < -0.39 is 43.5 Å². The van der Waals surface area contributed by atoms with Gasteiger partial charge in [-0.3, -0.25) is 4.68 Å². The first kappa shape index (κ1) is 28.2. The van der Waals surface area contributed by atoms with Crippen LogP contribution in [-0.4, -0.2) is 81.8 Å². The molecule has 3 N–H and O–H groups in total. The summed E-state index contributed by atoms with van der Waals surface area (Å²) >= 11 is 0. The van der Waals surface area contributed by atoms with Gasteiger partial charge in [0, 0.05) is 23.7 Å². The Morgan fingerprint density at radius 3 is 2.39 bits per heavy atom. The van der Waals surface area contributed by atoms with Gasteiger partial charge in [0.1, 0.15) is 36.8 Å². The Morgan fingerprint density at radius 1 is 1.08 bits per heavy atom. The van der Waals surface area contributed by atoms with Crippen LogP contribution in [0.25, 0.3) is 0 Å². The number of hydrogen-bond acceptors (Lipinski definition) is 10. The zero-order valence-corrected chi connectivity index (χ0v) is 22.3. The van der Waals surface area contributed by atoms with Crippen molar-refractivity contribution in [1.29, 1.82) is 0 Å². The van der Waals surface area contributed by atoms with Crippen molar-refractivity contribution in [3.8, 4) is 11.6 Å². The van der Waals surface area contributed by atoms with Crippen LogP contribution in [0.2, 0.25) is 0 Å². The zero-order chi connectivity index (χ0) is 27.4. The van der Waals surface area contributed by atoms with E-state index in [1.54, 1.807) is 0 Å². The van der Waals surface area contributed by atoms with Crippen molar-refractivity contribution in [3.63, 3.8) is 0 Å². The predicted octanol–water partition coefficient (Wildman–Crippen LogP) is 2.65. The van der Waals surface area contributed by atoms with Crippen molar-refractivity contribution < 1.29 is 43.8 Å². The number of ether oxygens (including phenoxy) is 5. The molecule has 11 heteroatoms. The highest BCUT2D eigenvalue weighted by Crippen LogP contribution is 2.31. The third-order valence-corrected chi connectivity index (χ3v) is 7.06. The lowest BCUT2D eigenvalue weighted by Crippen LogP contribution is -2.60. The van der Waals surface area contributed by atoms with Crippen molar-refractivity contribution in [3.05, 3.63) is 41.1 Å². The highest BCUT2D eigenvalue weighted by molar-refractivity contribution is 5.59.